The number of esters is 1. The molecule has 2 N–H and O–H groups in total. The molecule has 1 aromatic carbocycles. The maximum absolute atomic E-state index is 12.1. The molecule has 0 bridgehead atoms. The van der Waals surface area contributed by atoms with Gasteiger partial charge in [-0.2, -0.15) is 0 Å². The first-order valence-electron chi connectivity index (χ1n) is 9.52. The lowest BCUT2D eigenvalue weighted by atomic mass is 10.2. The van der Waals surface area contributed by atoms with Gasteiger partial charge in [-0.05, 0) is 50.5 Å². The van der Waals surface area contributed by atoms with Crippen molar-refractivity contribution in [1.29, 1.82) is 0 Å². The molecule has 2 atom stereocenters. The molecule has 7 heteroatoms. The lowest BCUT2D eigenvalue weighted by Crippen LogP contribution is -2.44. The van der Waals surface area contributed by atoms with Crippen molar-refractivity contribution in [2.75, 3.05) is 7.11 Å². The summed E-state index contributed by atoms with van der Waals surface area (Å²) in [6, 6.07) is 6.49. The van der Waals surface area contributed by atoms with Gasteiger partial charge in [0.15, 0.2) is 6.10 Å². The van der Waals surface area contributed by atoms with Gasteiger partial charge in [0, 0.05) is 12.1 Å². The zero-order valence-electron chi connectivity index (χ0n) is 16.6. The minimum atomic E-state index is -0.901. The fourth-order valence-electron chi connectivity index (χ4n) is 2.93. The topological polar surface area (TPSA) is 93.7 Å². The number of rotatable bonds is 8. The SMILES string of the molecule is COc1ccc(C=CC(=O)NC(C)C(=O)OC(C)C(=O)NC2CCCC2)cc1. The number of amides is 2. The van der Waals surface area contributed by atoms with Crippen LogP contribution in [0.5, 0.6) is 5.75 Å². The third kappa shape index (κ3) is 6.72. The number of carbonyl (C=O) groups is 3. The van der Waals surface area contributed by atoms with E-state index in [9.17, 15) is 14.4 Å². The van der Waals surface area contributed by atoms with Crippen LogP contribution in [-0.2, 0) is 19.1 Å². The van der Waals surface area contributed by atoms with Crippen molar-refractivity contribution < 1.29 is 23.9 Å². The summed E-state index contributed by atoms with van der Waals surface area (Å²) in [5, 5.41) is 5.42. The van der Waals surface area contributed by atoms with E-state index in [1.807, 2.05) is 12.1 Å². The van der Waals surface area contributed by atoms with Crippen LogP contribution >= 0.6 is 0 Å². The highest BCUT2D eigenvalue weighted by atomic mass is 16.5. The smallest absolute Gasteiger partial charge is 0.329 e. The number of hydrogen-bond acceptors (Lipinski definition) is 5. The first-order valence-corrected chi connectivity index (χ1v) is 9.52. The van der Waals surface area contributed by atoms with E-state index < -0.39 is 24.0 Å². The zero-order chi connectivity index (χ0) is 20.5. The number of benzene rings is 1. The molecule has 1 saturated carbocycles. The summed E-state index contributed by atoms with van der Waals surface area (Å²) in [4.78, 5) is 36.2. The molecule has 0 aliphatic heterocycles. The monoisotopic (exact) mass is 388 g/mol. The van der Waals surface area contributed by atoms with Crippen LogP contribution in [-0.4, -0.2) is 43.1 Å². The van der Waals surface area contributed by atoms with Gasteiger partial charge in [-0.15, -0.1) is 0 Å². The fraction of sp³-hybridized carbons (Fsp3) is 0.476. The second kappa shape index (κ2) is 10.5. The van der Waals surface area contributed by atoms with Gasteiger partial charge in [0.25, 0.3) is 5.91 Å². The van der Waals surface area contributed by atoms with Crippen molar-refractivity contribution in [3.8, 4) is 5.75 Å². The molecule has 28 heavy (non-hydrogen) atoms. The summed E-state index contributed by atoms with van der Waals surface area (Å²) in [6.45, 7) is 3.04. The Morgan fingerprint density at radius 1 is 1.11 bits per heavy atom. The Morgan fingerprint density at radius 3 is 2.36 bits per heavy atom. The van der Waals surface area contributed by atoms with Crippen LogP contribution in [0.1, 0.15) is 45.1 Å². The number of nitrogens with one attached hydrogen (secondary N) is 2. The van der Waals surface area contributed by atoms with Crippen molar-refractivity contribution in [2.45, 2.75) is 57.7 Å². The van der Waals surface area contributed by atoms with Crippen molar-refractivity contribution >= 4 is 23.9 Å². The molecule has 2 unspecified atom stereocenters. The maximum atomic E-state index is 12.1. The first-order chi connectivity index (χ1) is 13.4. The third-order valence-electron chi connectivity index (χ3n) is 4.62. The summed E-state index contributed by atoms with van der Waals surface area (Å²) < 4.78 is 10.2. The van der Waals surface area contributed by atoms with Gasteiger partial charge in [-0.3, -0.25) is 9.59 Å². The van der Waals surface area contributed by atoms with Gasteiger partial charge < -0.3 is 20.1 Å². The Balaban J connectivity index is 1.77. The Labute approximate surface area is 165 Å². The molecule has 1 aliphatic carbocycles. The van der Waals surface area contributed by atoms with E-state index in [-0.39, 0.29) is 11.9 Å². The summed E-state index contributed by atoms with van der Waals surface area (Å²) >= 11 is 0. The van der Waals surface area contributed by atoms with E-state index in [1.54, 1.807) is 25.3 Å². The molecular formula is C21H28N2O5. The van der Waals surface area contributed by atoms with Crippen LogP contribution in [0.2, 0.25) is 0 Å². The van der Waals surface area contributed by atoms with Gasteiger partial charge >= 0.3 is 5.97 Å². The minimum Gasteiger partial charge on any atom is -0.497 e. The van der Waals surface area contributed by atoms with E-state index in [0.29, 0.717) is 0 Å². The van der Waals surface area contributed by atoms with Gasteiger partial charge in [0.05, 0.1) is 7.11 Å². The molecule has 7 nitrogen and oxygen atoms in total. The van der Waals surface area contributed by atoms with E-state index in [2.05, 4.69) is 10.6 Å². The van der Waals surface area contributed by atoms with Crippen molar-refractivity contribution in [1.82, 2.24) is 10.6 Å². The van der Waals surface area contributed by atoms with E-state index in [1.165, 1.54) is 19.9 Å². The largest absolute Gasteiger partial charge is 0.497 e. The normalized spacial score (nSPS) is 16.4. The minimum absolute atomic E-state index is 0.161. The average molecular weight is 388 g/mol. The summed E-state index contributed by atoms with van der Waals surface area (Å²) in [7, 11) is 1.58. The Morgan fingerprint density at radius 2 is 1.75 bits per heavy atom. The molecule has 1 aromatic rings. The van der Waals surface area contributed by atoms with Crippen molar-refractivity contribution in [3.63, 3.8) is 0 Å². The molecule has 0 spiro atoms. The quantitative estimate of drug-likeness (QED) is 0.526. The van der Waals surface area contributed by atoms with Crippen LogP contribution in [0.4, 0.5) is 0 Å². The average Bonchev–Trinajstić information content (AvgIpc) is 3.19. The maximum Gasteiger partial charge on any atom is 0.329 e. The highest BCUT2D eigenvalue weighted by Gasteiger charge is 2.25. The highest BCUT2D eigenvalue weighted by Crippen LogP contribution is 2.17. The second-order valence-electron chi connectivity index (χ2n) is 6.91. The number of methoxy groups -OCH3 is 1. The van der Waals surface area contributed by atoms with E-state index in [4.69, 9.17) is 9.47 Å². The number of hydrogen-bond donors (Lipinski definition) is 2. The summed E-state index contributed by atoms with van der Waals surface area (Å²) in [6.07, 6.45) is 6.19. The number of ether oxygens (including phenoxy) is 2. The van der Waals surface area contributed by atoms with Crippen LogP contribution in [0.15, 0.2) is 30.3 Å². The van der Waals surface area contributed by atoms with Crippen LogP contribution in [0.25, 0.3) is 6.08 Å². The lowest BCUT2D eigenvalue weighted by molar-refractivity contribution is -0.157. The third-order valence-corrected chi connectivity index (χ3v) is 4.62. The van der Waals surface area contributed by atoms with Gasteiger partial charge in [0.1, 0.15) is 11.8 Å². The van der Waals surface area contributed by atoms with E-state index >= 15 is 0 Å². The second-order valence-corrected chi connectivity index (χ2v) is 6.91. The van der Waals surface area contributed by atoms with Crippen LogP contribution in [0, 0.1) is 0 Å². The molecular weight excluding hydrogens is 360 g/mol. The molecule has 0 saturated heterocycles. The molecule has 2 rings (SSSR count). The zero-order valence-corrected chi connectivity index (χ0v) is 16.6. The Hall–Kier alpha value is -2.83. The fourth-order valence-corrected chi connectivity index (χ4v) is 2.93. The molecule has 152 valence electrons. The summed E-state index contributed by atoms with van der Waals surface area (Å²) in [5.41, 5.74) is 0.823. The van der Waals surface area contributed by atoms with Gasteiger partial charge in [-0.25, -0.2) is 4.79 Å². The first kappa shape index (κ1) is 21.5. The molecule has 0 radical (unpaired) electrons. The standard InChI is InChI=1S/C21H28N2O5/c1-14(21(26)28-15(2)20(25)23-17-6-4-5-7-17)22-19(24)13-10-16-8-11-18(27-3)12-9-16/h8-15,17H,4-7H2,1-3H3,(H,22,24)(H,23,25). The Kier molecular flexibility index (Phi) is 8.04. The molecule has 2 amide bonds. The molecule has 0 aromatic heterocycles. The van der Waals surface area contributed by atoms with Crippen molar-refractivity contribution in [2.24, 2.45) is 0 Å². The van der Waals surface area contributed by atoms with Crippen LogP contribution < -0.4 is 15.4 Å². The lowest BCUT2D eigenvalue weighted by Gasteiger charge is -2.19. The Bertz CT molecular complexity index is 708. The molecule has 1 aliphatic rings. The predicted octanol–water partition coefficient (Wildman–Crippen LogP) is 2.20. The summed E-state index contributed by atoms with van der Waals surface area (Å²) in [5.74, 6) is -0.661. The predicted molar refractivity (Wildman–Crippen MR) is 106 cm³/mol. The molecule has 0 heterocycles. The van der Waals surface area contributed by atoms with Gasteiger partial charge in [0.2, 0.25) is 5.91 Å². The van der Waals surface area contributed by atoms with Gasteiger partial charge in [-0.1, -0.05) is 25.0 Å². The van der Waals surface area contributed by atoms with Crippen LogP contribution in [0.3, 0.4) is 0 Å². The molecule has 1 fully saturated rings. The van der Waals surface area contributed by atoms with Crippen molar-refractivity contribution in [3.05, 3.63) is 35.9 Å². The number of carbonyl (C=O) groups excluding carboxylic acids is 3. The van der Waals surface area contributed by atoms with E-state index in [0.717, 1.165) is 37.0 Å². The highest BCUT2D eigenvalue weighted by molar-refractivity contribution is 5.95.